The molecule has 1 amide bonds. The first-order valence-electron chi connectivity index (χ1n) is 5.83. The van der Waals surface area contributed by atoms with Crippen LogP contribution in [0, 0.1) is 6.92 Å². The molecule has 0 spiro atoms. The summed E-state index contributed by atoms with van der Waals surface area (Å²) in [7, 11) is 0. The average Bonchev–Trinajstić information content (AvgIpc) is 2.42. The van der Waals surface area contributed by atoms with Gasteiger partial charge in [-0.1, -0.05) is 12.1 Å². The summed E-state index contributed by atoms with van der Waals surface area (Å²) >= 11 is 0. The molecule has 0 aliphatic heterocycles. The number of amides is 1. The van der Waals surface area contributed by atoms with Gasteiger partial charge in [0.2, 0.25) is 0 Å². The maximum atomic E-state index is 12.1. The third-order valence-electron chi connectivity index (χ3n) is 2.75. The summed E-state index contributed by atoms with van der Waals surface area (Å²) in [6.45, 7) is 1.73. The number of pyridine rings is 1. The lowest BCUT2D eigenvalue weighted by atomic mass is 10.1. The highest BCUT2D eigenvalue weighted by Crippen LogP contribution is 2.14. The molecule has 98 valence electrons. The summed E-state index contributed by atoms with van der Waals surface area (Å²) in [4.78, 5) is 16.1. The van der Waals surface area contributed by atoms with Gasteiger partial charge in [0.15, 0.2) is 0 Å². The molecule has 0 unspecified atom stereocenters. The molecule has 1 heterocycles. The van der Waals surface area contributed by atoms with Gasteiger partial charge < -0.3 is 16.2 Å². The Balaban J connectivity index is 2.18. The Morgan fingerprint density at radius 1 is 1.37 bits per heavy atom. The number of aliphatic hydroxyl groups excluding tert-OH is 1. The molecule has 0 fully saturated rings. The summed E-state index contributed by atoms with van der Waals surface area (Å²) in [5, 5.41) is 11.7. The van der Waals surface area contributed by atoms with Gasteiger partial charge in [0.1, 0.15) is 0 Å². The molecule has 0 aliphatic rings. The largest absolute Gasteiger partial charge is 0.397 e. The van der Waals surface area contributed by atoms with E-state index in [-0.39, 0.29) is 12.5 Å². The molecule has 0 radical (unpaired) electrons. The number of aliphatic hydroxyl groups is 1. The predicted octanol–water partition coefficient (Wildman–Crippen LogP) is 1.72. The highest BCUT2D eigenvalue weighted by atomic mass is 16.3. The molecular weight excluding hydrogens is 242 g/mol. The number of benzene rings is 1. The van der Waals surface area contributed by atoms with Crippen molar-refractivity contribution < 1.29 is 9.90 Å². The van der Waals surface area contributed by atoms with Crippen molar-refractivity contribution in [2.75, 3.05) is 11.1 Å². The van der Waals surface area contributed by atoms with Gasteiger partial charge in [0, 0.05) is 5.69 Å². The fourth-order valence-corrected chi connectivity index (χ4v) is 1.67. The number of anilines is 2. The number of nitrogens with two attached hydrogens (primary N) is 1. The monoisotopic (exact) mass is 257 g/mol. The first-order valence-corrected chi connectivity index (χ1v) is 5.83. The average molecular weight is 257 g/mol. The van der Waals surface area contributed by atoms with Crippen LogP contribution in [0.5, 0.6) is 0 Å². The van der Waals surface area contributed by atoms with E-state index in [4.69, 9.17) is 10.8 Å². The summed E-state index contributed by atoms with van der Waals surface area (Å²) < 4.78 is 0. The van der Waals surface area contributed by atoms with Crippen LogP contribution >= 0.6 is 0 Å². The first kappa shape index (κ1) is 13.0. The molecule has 2 aromatic rings. The Morgan fingerprint density at radius 2 is 2.05 bits per heavy atom. The second-order valence-electron chi connectivity index (χ2n) is 4.21. The van der Waals surface area contributed by atoms with Crippen molar-refractivity contribution in [2.45, 2.75) is 13.5 Å². The van der Waals surface area contributed by atoms with Crippen LogP contribution in [-0.4, -0.2) is 16.0 Å². The van der Waals surface area contributed by atoms with Crippen LogP contribution in [0.3, 0.4) is 0 Å². The molecule has 0 saturated carbocycles. The van der Waals surface area contributed by atoms with Gasteiger partial charge in [-0.3, -0.25) is 9.78 Å². The number of rotatable bonds is 3. The van der Waals surface area contributed by atoms with Crippen molar-refractivity contribution in [3.8, 4) is 0 Å². The molecule has 19 heavy (non-hydrogen) atoms. The minimum Gasteiger partial charge on any atom is -0.397 e. The van der Waals surface area contributed by atoms with Crippen LogP contribution in [0.4, 0.5) is 11.4 Å². The molecule has 0 atom stereocenters. The van der Waals surface area contributed by atoms with E-state index in [0.717, 1.165) is 5.56 Å². The van der Waals surface area contributed by atoms with Crippen molar-refractivity contribution in [2.24, 2.45) is 0 Å². The molecule has 0 saturated heterocycles. The minimum atomic E-state index is -0.256. The van der Waals surface area contributed by atoms with E-state index in [1.165, 1.54) is 6.20 Å². The van der Waals surface area contributed by atoms with Crippen LogP contribution in [0.1, 0.15) is 21.6 Å². The van der Waals surface area contributed by atoms with Crippen molar-refractivity contribution in [1.29, 1.82) is 0 Å². The number of hydrogen-bond acceptors (Lipinski definition) is 4. The number of carbonyl (C=O) groups excluding carboxylic acids is 1. The SMILES string of the molecule is Cc1ncc(N)cc1C(=O)Nc1ccc(CO)cc1. The van der Waals surface area contributed by atoms with Gasteiger partial charge in [0.05, 0.1) is 29.7 Å². The van der Waals surface area contributed by atoms with Gasteiger partial charge >= 0.3 is 0 Å². The van der Waals surface area contributed by atoms with Crippen LogP contribution < -0.4 is 11.1 Å². The second kappa shape index (κ2) is 5.49. The highest BCUT2D eigenvalue weighted by molar-refractivity contribution is 6.05. The molecule has 1 aromatic carbocycles. The van der Waals surface area contributed by atoms with Crippen LogP contribution in [-0.2, 0) is 6.61 Å². The quantitative estimate of drug-likeness (QED) is 0.781. The Hall–Kier alpha value is -2.40. The van der Waals surface area contributed by atoms with Gasteiger partial charge in [0.25, 0.3) is 5.91 Å². The van der Waals surface area contributed by atoms with Crippen LogP contribution in [0.15, 0.2) is 36.5 Å². The number of aryl methyl sites for hydroxylation is 1. The van der Waals surface area contributed by atoms with Gasteiger partial charge in [-0.15, -0.1) is 0 Å². The Labute approximate surface area is 111 Å². The molecule has 0 bridgehead atoms. The summed E-state index contributed by atoms with van der Waals surface area (Å²) in [5.41, 5.74) is 8.60. The lowest BCUT2D eigenvalue weighted by Crippen LogP contribution is -2.14. The summed E-state index contributed by atoms with van der Waals surface area (Å²) in [5.74, 6) is -0.256. The third kappa shape index (κ3) is 3.08. The van der Waals surface area contributed by atoms with Crippen LogP contribution in [0.2, 0.25) is 0 Å². The number of carbonyl (C=O) groups is 1. The number of nitrogens with one attached hydrogen (secondary N) is 1. The molecule has 5 nitrogen and oxygen atoms in total. The van der Waals surface area contributed by atoms with Gasteiger partial charge in [-0.25, -0.2) is 0 Å². The smallest absolute Gasteiger partial charge is 0.257 e. The summed E-state index contributed by atoms with van der Waals surface area (Å²) in [6, 6.07) is 8.57. The topological polar surface area (TPSA) is 88.2 Å². The Morgan fingerprint density at radius 3 is 2.68 bits per heavy atom. The van der Waals surface area contributed by atoms with E-state index in [2.05, 4.69) is 10.3 Å². The van der Waals surface area contributed by atoms with E-state index in [1.807, 2.05) is 0 Å². The van der Waals surface area contributed by atoms with E-state index in [1.54, 1.807) is 37.3 Å². The Kier molecular flexibility index (Phi) is 3.77. The van der Waals surface area contributed by atoms with Crippen molar-refractivity contribution in [1.82, 2.24) is 4.98 Å². The standard InChI is InChI=1S/C14H15N3O2/c1-9-13(6-11(15)7-16-9)14(19)17-12-4-2-10(8-18)3-5-12/h2-7,18H,8,15H2,1H3,(H,17,19). The highest BCUT2D eigenvalue weighted by Gasteiger charge is 2.10. The number of aromatic nitrogens is 1. The van der Waals surface area contributed by atoms with Crippen molar-refractivity contribution >= 4 is 17.3 Å². The van der Waals surface area contributed by atoms with Gasteiger partial charge in [-0.05, 0) is 30.7 Å². The zero-order chi connectivity index (χ0) is 13.8. The van der Waals surface area contributed by atoms with Crippen molar-refractivity contribution in [3.63, 3.8) is 0 Å². The lowest BCUT2D eigenvalue weighted by Gasteiger charge is -2.08. The fraction of sp³-hybridized carbons (Fsp3) is 0.143. The molecular formula is C14H15N3O2. The predicted molar refractivity (Wildman–Crippen MR) is 73.7 cm³/mol. The maximum Gasteiger partial charge on any atom is 0.257 e. The van der Waals surface area contributed by atoms with E-state index in [9.17, 15) is 4.79 Å². The van der Waals surface area contributed by atoms with Gasteiger partial charge in [-0.2, -0.15) is 0 Å². The second-order valence-corrected chi connectivity index (χ2v) is 4.21. The molecule has 5 heteroatoms. The molecule has 4 N–H and O–H groups in total. The number of hydrogen-bond donors (Lipinski definition) is 3. The number of nitrogens with zero attached hydrogens (tertiary/aromatic N) is 1. The van der Waals surface area contributed by atoms with E-state index >= 15 is 0 Å². The van der Waals surface area contributed by atoms with E-state index < -0.39 is 0 Å². The molecule has 0 aliphatic carbocycles. The molecule has 2 rings (SSSR count). The fourth-order valence-electron chi connectivity index (χ4n) is 1.67. The zero-order valence-corrected chi connectivity index (χ0v) is 10.6. The Bertz CT molecular complexity index is 594. The summed E-state index contributed by atoms with van der Waals surface area (Å²) in [6.07, 6.45) is 1.52. The first-order chi connectivity index (χ1) is 9.10. The minimum absolute atomic E-state index is 0.0214. The lowest BCUT2D eigenvalue weighted by molar-refractivity contribution is 0.102. The maximum absolute atomic E-state index is 12.1. The van der Waals surface area contributed by atoms with Crippen LogP contribution in [0.25, 0.3) is 0 Å². The molecule has 1 aromatic heterocycles. The zero-order valence-electron chi connectivity index (χ0n) is 10.6. The third-order valence-corrected chi connectivity index (χ3v) is 2.75. The normalized spacial score (nSPS) is 10.2. The van der Waals surface area contributed by atoms with E-state index in [0.29, 0.717) is 22.6 Å². The van der Waals surface area contributed by atoms with Crippen molar-refractivity contribution in [3.05, 3.63) is 53.3 Å². The number of nitrogen functional groups attached to an aromatic ring is 1.